The standard InChI is InChI=1S/C23H38N4O2/c1-16(2)7-8-17(3)26-23(24-6)25-13-20-9-11-21(12-10-20)22(28)27-14-18(4)29-19(5)15-27/h9-12,16-19H,7-8,13-15H2,1-6H3,(H2,24,25,26). The maximum Gasteiger partial charge on any atom is 0.254 e. The number of carbonyl (C=O) groups is 1. The van der Waals surface area contributed by atoms with Crippen molar-refractivity contribution in [3.63, 3.8) is 0 Å². The summed E-state index contributed by atoms with van der Waals surface area (Å²) in [6.45, 7) is 12.6. The molecule has 1 fully saturated rings. The molecule has 1 aliphatic heterocycles. The number of hydrogen-bond donors (Lipinski definition) is 2. The average molecular weight is 403 g/mol. The smallest absolute Gasteiger partial charge is 0.254 e. The minimum Gasteiger partial charge on any atom is -0.372 e. The highest BCUT2D eigenvalue weighted by Gasteiger charge is 2.26. The number of morpholine rings is 1. The minimum absolute atomic E-state index is 0.0722. The molecule has 0 aliphatic carbocycles. The van der Waals surface area contributed by atoms with Gasteiger partial charge in [0.2, 0.25) is 0 Å². The van der Waals surface area contributed by atoms with Gasteiger partial charge >= 0.3 is 0 Å². The summed E-state index contributed by atoms with van der Waals surface area (Å²) in [5.41, 5.74) is 1.84. The van der Waals surface area contributed by atoms with Gasteiger partial charge in [-0.25, -0.2) is 0 Å². The molecule has 1 aromatic rings. The largest absolute Gasteiger partial charge is 0.372 e. The van der Waals surface area contributed by atoms with Gasteiger partial charge in [0.15, 0.2) is 5.96 Å². The van der Waals surface area contributed by atoms with E-state index in [1.165, 1.54) is 6.42 Å². The number of guanidine groups is 1. The molecule has 0 aromatic heterocycles. The number of nitrogens with zero attached hydrogens (tertiary/aromatic N) is 2. The van der Waals surface area contributed by atoms with E-state index in [0.29, 0.717) is 31.6 Å². The minimum atomic E-state index is 0.0722. The van der Waals surface area contributed by atoms with Crippen molar-refractivity contribution in [2.45, 2.75) is 72.3 Å². The van der Waals surface area contributed by atoms with Crippen molar-refractivity contribution in [3.05, 3.63) is 35.4 Å². The van der Waals surface area contributed by atoms with Crippen molar-refractivity contribution in [2.24, 2.45) is 10.9 Å². The van der Waals surface area contributed by atoms with Crippen molar-refractivity contribution in [1.29, 1.82) is 0 Å². The summed E-state index contributed by atoms with van der Waals surface area (Å²) < 4.78 is 5.72. The van der Waals surface area contributed by atoms with Crippen molar-refractivity contribution in [1.82, 2.24) is 15.5 Å². The van der Waals surface area contributed by atoms with Crippen molar-refractivity contribution < 1.29 is 9.53 Å². The van der Waals surface area contributed by atoms with Gasteiger partial charge in [0.05, 0.1) is 12.2 Å². The Morgan fingerprint density at radius 2 is 1.76 bits per heavy atom. The van der Waals surface area contributed by atoms with E-state index in [-0.39, 0.29) is 18.1 Å². The Morgan fingerprint density at radius 3 is 2.31 bits per heavy atom. The number of hydrogen-bond acceptors (Lipinski definition) is 3. The van der Waals surface area contributed by atoms with Crippen LogP contribution in [0, 0.1) is 5.92 Å². The monoisotopic (exact) mass is 402 g/mol. The average Bonchev–Trinajstić information content (AvgIpc) is 2.68. The zero-order valence-electron chi connectivity index (χ0n) is 18.9. The van der Waals surface area contributed by atoms with Gasteiger partial charge in [-0.3, -0.25) is 9.79 Å². The zero-order chi connectivity index (χ0) is 21.4. The van der Waals surface area contributed by atoms with E-state index in [9.17, 15) is 4.79 Å². The summed E-state index contributed by atoms with van der Waals surface area (Å²) in [7, 11) is 1.79. The normalized spacial score (nSPS) is 21.2. The molecule has 2 N–H and O–H groups in total. The molecular formula is C23H38N4O2. The molecule has 3 unspecified atom stereocenters. The van der Waals surface area contributed by atoms with E-state index >= 15 is 0 Å². The number of ether oxygens (including phenoxy) is 1. The quantitative estimate of drug-likeness (QED) is 0.542. The summed E-state index contributed by atoms with van der Waals surface area (Å²) >= 11 is 0. The molecule has 0 spiro atoms. The van der Waals surface area contributed by atoms with E-state index in [2.05, 4.69) is 36.4 Å². The molecule has 0 saturated carbocycles. The molecule has 6 heteroatoms. The fraction of sp³-hybridized carbons (Fsp3) is 0.652. The van der Waals surface area contributed by atoms with E-state index in [0.717, 1.165) is 23.5 Å². The Morgan fingerprint density at radius 1 is 1.14 bits per heavy atom. The molecule has 6 nitrogen and oxygen atoms in total. The number of aliphatic imine (C=N–C) groups is 1. The maximum absolute atomic E-state index is 12.8. The third-order valence-corrected chi connectivity index (χ3v) is 5.15. The molecule has 1 heterocycles. The van der Waals surface area contributed by atoms with Crippen LogP contribution in [-0.2, 0) is 11.3 Å². The highest BCUT2D eigenvalue weighted by Crippen LogP contribution is 2.15. The second kappa shape index (κ2) is 11.2. The second-order valence-electron chi connectivity index (χ2n) is 8.61. The van der Waals surface area contributed by atoms with Crippen LogP contribution in [-0.4, -0.2) is 55.2 Å². The molecule has 0 bridgehead atoms. The second-order valence-corrected chi connectivity index (χ2v) is 8.61. The summed E-state index contributed by atoms with van der Waals surface area (Å²) in [6, 6.07) is 8.20. The lowest BCUT2D eigenvalue weighted by Crippen LogP contribution is -2.48. The van der Waals surface area contributed by atoms with Gasteiger partial charge in [0.25, 0.3) is 5.91 Å². The van der Waals surface area contributed by atoms with E-state index < -0.39 is 0 Å². The number of rotatable bonds is 7. The van der Waals surface area contributed by atoms with Crippen LogP contribution in [0.25, 0.3) is 0 Å². The molecule has 1 aromatic carbocycles. The molecule has 2 rings (SSSR count). The Hall–Kier alpha value is -2.08. The number of amides is 1. The first-order chi connectivity index (χ1) is 13.8. The van der Waals surface area contributed by atoms with E-state index in [1.54, 1.807) is 7.05 Å². The third kappa shape index (κ3) is 7.69. The first kappa shape index (κ1) is 23.2. The predicted octanol–water partition coefficient (Wildman–Crippen LogP) is 3.43. The van der Waals surface area contributed by atoms with Crippen LogP contribution in [0.3, 0.4) is 0 Å². The molecule has 29 heavy (non-hydrogen) atoms. The van der Waals surface area contributed by atoms with Gasteiger partial charge in [-0.15, -0.1) is 0 Å². The van der Waals surface area contributed by atoms with Gasteiger partial charge < -0.3 is 20.3 Å². The predicted molar refractivity (Wildman–Crippen MR) is 119 cm³/mol. The molecular weight excluding hydrogens is 364 g/mol. The Bertz CT molecular complexity index is 662. The Balaban J connectivity index is 1.85. The fourth-order valence-corrected chi connectivity index (χ4v) is 3.56. The van der Waals surface area contributed by atoms with Crippen LogP contribution in [0.2, 0.25) is 0 Å². The van der Waals surface area contributed by atoms with Crippen molar-refractivity contribution in [2.75, 3.05) is 20.1 Å². The van der Waals surface area contributed by atoms with Gasteiger partial charge in [-0.2, -0.15) is 0 Å². The van der Waals surface area contributed by atoms with Crippen molar-refractivity contribution in [3.8, 4) is 0 Å². The van der Waals surface area contributed by atoms with Crippen LogP contribution >= 0.6 is 0 Å². The topological polar surface area (TPSA) is 66.0 Å². The summed E-state index contributed by atoms with van der Waals surface area (Å²) in [4.78, 5) is 19.0. The van der Waals surface area contributed by atoms with Gasteiger partial charge in [0.1, 0.15) is 0 Å². The van der Waals surface area contributed by atoms with Crippen LogP contribution in [0.5, 0.6) is 0 Å². The van der Waals surface area contributed by atoms with Crippen LogP contribution in [0.4, 0.5) is 0 Å². The number of benzene rings is 1. The van der Waals surface area contributed by atoms with Crippen LogP contribution < -0.4 is 10.6 Å². The van der Waals surface area contributed by atoms with Gasteiger partial charge in [0, 0.05) is 38.3 Å². The SMILES string of the molecule is CN=C(NCc1ccc(C(=O)N2CC(C)OC(C)C2)cc1)NC(C)CCC(C)C. The Labute approximate surface area is 176 Å². The Kier molecular flexibility index (Phi) is 8.96. The molecule has 1 amide bonds. The van der Waals surface area contributed by atoms with Gasteiger partial charge in [-0.1, -0.05) is 26.0 Å². The first-order valence-corrected chi connectivity index (χ1v) is 10.8. The first-order valence-electron chi connectivity index (χ1n) is 10.8. The van der Waals surface area contributed by atoms with Gasteiger partial charge in [-0.05, 0) is 57.2 Å². The van der Waals surface area contributed by atoms with Crippen LogP contribution in [0.15, 0.2) is 29.3 Å². The lowest BCUT2D eigenvalue weighted by molar-refractivity contribution is -0.0586. The van der Waals surface area contributed by atoms with Crippen molar-refractivity contribution >= 4 is 11.9 Å². The summed E-state index contributed by atoms with van der Waals surface area (Å²) in [5.74, 6) is 1.58. The fourth-order valence-electron chi connectivity index (χ4n) is 3.56. The zero-order valence-corrected chi connectivity index (χ0v) is 18.9. The maximum atomic E-state index is 12.8. The lowest BCUT2D eigenvalue weighted by Gasteiger charge is -2.35. The molecule has 1 aliphatic rings. The molecule has 162 valence electrons. The number of nitrogens with one attached hydrogen (secondary N) is 2. The van der Waals surface area contributed by atoms with E-state index in [4.69, 9.17) is 4.74 Å². The highest BCUT2D eigenvalue weighted by atomic mass is 16.5. The van der Waals surface area contributed by atoms with Crippen LogP contribution in [0.1, 0.15) is 63.4 Å². The summed E-state index contributed by atoms with van der Waals surface area (Å²) in [6.07, 6.45) is 2.47. The number of carbonyl (C=O) groups excluding carboxylic acids is 1. The van der Waals surface area contributed by atoms with E-state index in [1.807, 2.05) is 43.0 Å². The molecule has 1 saturated heterocycles. The highest BCUT2D eigenvalue weighted by molar-refractivity contribution is 5.94. The molecule has 3 atom stereocenters. The molecule has 0 radical (unpaired) electrons. The summed E-state index contributed by atoms with van der Waals surface area (Å²) in [5, 5.41) is 6.79. The third-order valence-electron chi connectivity index (χ3n) is 5.15. The lowest BCUT2D eigenvalue weighted by atomic mass is 10.0.